The first-order valence-electron chi connectivity index (χ1n) is 6.06. The molecule has 0 fully saturated rings. The molecule has 0 radical (unpaired) electrons. The summed E-state index contributed by atoms with van der Waals surface area (Å²) in [5, 5.41) is 8.55. The van der Waals surface area contributed by atoms with Crippen LogP contribution in [0.4, 0.5) is 0 Å². The van der Waals surface area contributed by atoms with Gasteiger partial charge in [0, 0.05) is 25.6 Å². The van der Waals surface area contributed by atoms with Gasteiger partial charge in [0.2, 0.25) is 10.0 Å². The smallest absolute Gasteiger partial charge is 0.244 e. The summed E-state index contributed by atoms with van der Waals surface area (Å²) in [6, 6.07) is 6.90. The third-order valence-electron chi connectivity index (χ3n) is 2.69. The maximum Gasteiger partial charge on any atom is 0.244 e. The lowest BCUT2D eigenvalue weighted by Gasteiger charge is -2.17. The van der Waals surface area contributed by atoms with Gasteiger partial charge in [-0.25, -0.2) is 8.42 Å². The number of sulfonamides is 1. The first-order chi connectivity index (χ1) is 9.43. The van der Waals surface area contributed by atoms with Gasteiger partial charge in [0.05, 0.1) is 17.5 Å². The molecule has 106 valence electrons. The number of rotatable bonds is 4. The van der Waals surface area contributed by atoms with Gasteiger partial charge in [-0.3, -0.25) is 0 Å². The monoisotopic (exact) mass is 291 g/mol. The van der Waals surface area contributed by atoms with Gasteiger partial charge in [0.15, 0.2) is 0 Å². The Bertz CT molecular complexity index is 679. The first kappa shape index (κ1) is 16.2. The average Bonchev–Trinajstić information content (AvgIpc) is 2.42. The Hall–Kier alpha value is -1.86. The SMILES string of the molecule is Cc1ccc(S(=O)(=O)N(C)CCC#N)c(C#CCN)c1. The van der Waals surface area contributed by atoms with E-state index in [2.05, 4.69) is 11.8 Å². The summed E-state index contributed by atoms with van der Waals surface area (Å²) in [4.78, 5) is 0.143. The maximum absolute atomic E-state index is 12.5. The number of nitriles is 1. The van der Waals surface area contributed by atoms with E-state index >= 15 is 0 Å². The van der Waals surface area contributed by atoms with Crippen LogP contribution in [0.15, 0.2) is 23.1 Å². The molecule has 1 aromatic rings. The molecule has 6 heteroatoms. The van der Waals surface area contributed by atoms with Crippen LogP contribution >= 0.6 is 0 Å². The van der Waals surface area contributed by atoms with Crippen LogP contribution < -0.4 is 5.73 Å². The minimum Gasteiger partial charge on any atom is -0.320 e. The van der Waals surface area contributed by atoms with Crippen molar-refractivity contribution >= 4 is 10.0 Å². The Balaban J connectivity index is 3.28. The second-order valence-corrected chi connectivity index (χ2v) is 6.25. The highest BCUT2D eigenvalue weighted by Crippen LogP contribution is 2.20. The van der Waals surface area contributed by atoms with Crippen LogP contribution in [0.3, 0.4) is 0 Å². The molecule has 0 aliphatic rings. The van der Waals surface area contributed by atoms with Crippen molar-refractivity contribution in [2.45, 2.75) is 18.2 Å². The minimum absolute atomic E-state index is 0.143. The highest BCUT2D eigenvalue weighted by Gasteiger charge is 2.23. The van der Waals surface area contributed by atoms with Crippen molar-refractivity contribution in [2.24, 2.45) is 5.73 Å². The van der Waals surface area contributed by atoms with Gasteiger partial charge < -0.3 is 5.73 Å². The van der Waals surface area contributed by atoms with Crippen molar-refractivity contribution in [3.8, 4) is 17.9 Å². The normalized spacial score (nSPS) is 10.8. The number of hydrogen-bond acceptors (Lipinski definition) is 4. The zero-order chi connectivity index (χ0) is 15.2. The lowest BCUT2D eigenvalue weighted by Crippen LogP contribution is -2.28. The molecule has 0 atom stereocenters. The van der Waals surface area contributed by atoms with E-state index in [0.29, 0.717) is 5.56 Å². The summed E-state index contributed by atoms with van der Waals surface area (Å²) in [6.45, 7) is 2.18. The van der Waals surface area contributed by atoms with Crippen molar-refractivity contribution in [3.05, 3.63) is 29.3 Å². The average molecular weight is 291 g/mol. The van der Waals surface area contributed by atoms with Gasteiger partial charge in [0.1, 0.15) is 0 Å². The van der Waals surface area contributed by atoms with E-state index in [-0.39, 0.29) is 24.4 Å². The molecule has 0 aliphatic heterocycles. The largest absolute Gasteiger partial charge is 0.320 e. The number of hydrogen-bond donors (Lipinski definition) is 1. The Labute approximate surface area is 120 Å². The predicted octanol–water partition coefficient (Wildman–Crippen LogP) is 0.839. The molecule has 0 spiro atoms. The van der Waals surface area contributed by atoms with Gasteiger partial charge in [-0.2, -0.15) is 9.57 Å². The van der Waals surface area contributed by atoms with Crippen molar-refractivity contribution in [1.29, 1.82) is 5.26 Å². The molecule has 20 heavy (non-hydrogen) atoms. The summed E-state index contributed by atoms with van der Waals surface area (Å²) in [5.74, 6) is 5.45. The number of aryl methyl sites for hydroxylation is 1. The molecule has 0 saturated heterocycles. The van der Waals surface area contributed by atoms with Crippen LogP contribution in [0, 0.1) is 30.1 Å². The van der Waals surface area contributed by atoms with E-state index in [9.17, 15) is 8.42 Å². The van der Waals surface area contributed by atoms with Crippen LogP contribution in [0.2, 0.25) is 0 Å². The van der Waals surface area contributed by atoms with E-state index in [1.54, 1.807) is 12.1 Å². The summed E-state index contributed by atoms with van der Waals surface area (Å²) in [6.07, 6.45) is 0.144. The summed E-state index contributed by atoms with van der Waals surface area (Å²) >= 11 is 0. The zero-order valence-electron chi connectivity index (χ0n) is 11.5. The fraction of sp³-hybridized carbons (Fsp3) is 0.357. The number of nitrogens with zero attached hydrogens (tertiary/aromatic N) is 2. The quantitative estimate of drug-likeness (QED) is 0.833. The Kier molecular flexibility index (Phi) is 5.72. The van der Waals surface area contributed by atoms with Gasteiger partial charge >= 0.3 is 0 Å². The molecule has 5 nitrogen and oxygen atoms in total. The van der Waals surface area contributed by atoms with Crippen molar-refractivity contribution in [3.63, 3.8) is 0 Å². The van der Waals surface area contributed by atoms with E-state index < -0.39 is 10.0 Å². The summed E-state index contributed by atoms with van der Waals surface area (Å²) in [5.41, 5.74) is 6.68. The second kappa shape index (κ2) is 7.06. The molecular weight excluding hydrogens is 274 g/mol. The fourth-order valence-corrected chi connectivity index (χ4v) is 2.90. The maximum atomic E-state index is 12.5. The molecular formula is C14H17N3O2S. The predicted molar refractivity (Wildman–Crippen MR) is 77.2 cm³/mol. The van der Waals surface area contributed by atoms with Gasteiger partial charge in [-0.05, 0) is 24.6 Å². The van der Waals surface area contributed by atoms with Gasteiger partial charge in [-0.1, -0.05) is 17.9 Å². The van der Waals surface area contributed by atoms with Crippen LogP contribution in [-0.2, 0) is 10.0 Å². The molecule has 0 bridgehead atoms. The van der Waals surface area contributed by atoms with E-state index in [0.717, 1.165) is 9.87 Å². The number of nitrogens with two attached hydrogens (primary N) is 1. The standard InChI is InChI=1S/C14H17N3O2S/c1-12-6-7-14(13(11-12)5-3-8-15)20(18,19)17(2)10-4-9-16/h6-7,11H,4,8,10,15H2,1-2H3. The lowest BCUT2D eigenvalue weighted by molar-refractivity contribution is 0.476. The van der Waals surface area contributed by atoms with E-state index in [1.807, 2.05) is 13.0 Å². The summed E-state index contributed by atoms with van der Waals surface area (Å²) < 4.78 is 26.1. The third kappa shape index (κ3) is 3.82. The van der Waals surface area contributed by atoms with Crippen LogP contribution in [-0.4, -0.2) is 32.9 Å². The molecule has 0 aromatic heterocycles. The van der Waals surface area contributed by atoms with Gasteiger partial charge in [-0.15, -0.1) is 0 Å². The second-order valence-electron chi connectivity index (χ2n) is 4.24. The Morgan fingerprint density at radius 1 is 1.40 bits per heavy atom. The molecule has 1 aromatic carbocycles. The molecule has 0 aliphatic carbocycles. The van der Waals surface area contributed by atoms with E-state index in [4.69, 9.17) is 11.0 Å². The Morgan fingerprint density at radius 2 is 2.10 bits per heavy atom. The molecule has 0 saturated carbocycles. The molecule has 0 amide bonds. The third-order valence-corrected chi connectivity index (χ3v) is 4.60. The van der Waals surface area contributed by atoms with Gasteiger partial charge in [0.25, 0.3) is 0 Å². The lowest BCUT2D eigenvalue weighted by atomic mass is 10.1. The highest BCUT2D eigenvalue weighted by atomic mass is 32.2. The van der Waals surface area contributed by atoms with Crippen LogP contribution in [0.1, 0.15) is 17.5 Å². The zero-order valence-corrected chi connectivity index (χ0v) is 12.4. The number of benzene rings is 1. The molecule has 1 rings (SSSR count). The minimum atomic E-state index is -3.65. The Morgan fingerprint density at radius 3 is 2.70 bits per heavy atom. The fourth-order valence-electron chi connectivity index (χ4n) is 1.61. The highest BCUT2D eigenvalue weighted by molar-refractivity contribution is 7.89. The van der Waals surface area contributed by atoms with Crippen molar-refractivity contribution in [2.75, 3.05) is 20.1 Å². The molecule has 2 N–H and O–H groups in total. The molecule has 0 heterocycles. The van der Waals surface area contributed by atoms with Crippen molar-refractivity contribution < 1.29 is 8.42 Å². The van der Waals surface area contributed by atoms with Crippen molar-refractivity contribution in [1.82, 2.24) is 4.31 Å². The first-order valence-corrected chi connectivity index (χ1v) is 7.50. The van der Waals surface area contributed by atoms with E-state index in [1.165, 1.54) is 13.1 Å². The van der Waals surface area contributed by atoms with Crippen LogP contribution in [0.25, 0.3) is 0 Å². The van der Waals surface area contributed by atoms with Crippen LogP contribution in [0.5, 0.6) is 0 Å². The topological polar surface area (TPSA) is 87.2 Å². The summed E-state index contributed by atoms with van der Waals surface area (Å²) in [7, 11) is -2.20. The molecule has 0 unspecified atom stereocenters.